The van der Waals surface area contributed by atoms with E-state index in [0.29, 0.717) is 18.8 Å². The molecule has 0 aliphatic carbocycles. The zero-order valence-electron chi connectivity index (χ0n) is 13.7. The second-order valence-electron chi connectivity index (χ2n) is 6.32. The molecule has 1 atom stereocenters. The Morgan fingerprint density at radius 1 is 1.35 bits per heavy atom. The molecule has 1 N–H and O–H groups in total. The van der Waals surface area contributed by atoms with E-state index in [1.54, 1.807) is 4.90 Å². The van der Waals surface area contributed by atoms with E-state index in [9.17, 15) is 9.59 Å². The number of carbonyl (C=O) groups excluding carboxylic acids is 2. The molecule has 23 heavy (non-hydrogen) atoms. The Hall–Kier alpha value is -2.43. The third kappa shape index (κ3) is 2.79. The first-order valence-corrected chi connectivity index (χ1v) is 7.94. The molecule has 0 radical (unpaired) electrons. The highest BCUT2D eigenvalue weighted by molar-refractivity contribution is 5.99. The fourth-order valence-corrected chi connectivity index (χ4v) is 3.18. The van der Waals surface area contributed by atoms with Gasteiger partial charge in [-0.1, -0.05) is 32.0 Å². The number of aryl methyl sites for hydroxylation is 1. The average Bonchev–Trinajstić information content (AvgIpc) is 2.53. The highest BCUT2D eigenvalue weighted by atomic mass is 16.2. The molecule has 1 aromatic heterocycles. The van der Waals surface area contributed by atoms with Crippen molar-refractivity contribution in [1.29, 1.82) is 0 Å². The standard InChI is InChI=1S/C18H21N3O2/c1-11(2)16-17(22)19-8-9-21(16)18(23)15-10-12(3)13-6-4-5-7-14(13)20-15/h4-7,10-11,16H,8-9H2,1-3H3,(H,19,22). The lowest BCUT2D eigenvalue weighted by molar-refractivity contribution is -0.129. The molecule has 2 heterocycles. The maximum atomic E-state index is 12.9. The van der Waals surface area contributed by atoms with Crippen LogP contribution < -0.4 is 5.32 Å². The Morgan fingerprint density at radius 3 is 2.83 bits per heavy atom. The zero-order chi connectivity index (χ0) is 16.6. The lowest BCUT2D eigenvalue weighted by atomic mass is 9.99. The summed E-state index contributed by atoms with van der Waals surface area (Å²) < 4.78 is 0. The number of pyridine rings is 1. The molecular formula is C18H21N3O2. The van der Waals surface area contributed by atoms with Gasteiger partial charge in [-0.25, -0.2) is 4.98 Å². The van der Waals surface area contributed by atoms with Crippen molar-refractivity contribution in [3.05, 3.63) is 41.6 Å². The molecule has 1 fully saturated rings. The molecule has 1 aliphatic rings. The van der Waals surface area contributed by atoms with Gasteiger partial charge in [0.15, 0.2) is 0 Å². The van der Waals surface area contributed by atoms with Crippen LogP contribution in [0.15, 0.2) is 30.3 Å². The molecule has 2 amide bonds. The summed E-state index contributed by atoms with van der Waals surface area (Å²) in [6.07, 6.45) is 0. The molecule has 120 valence electrons. The predicted octanol–water partition coefficient (Wildman–Crippen LogP) is 2.14. The van der Waals surface area contributed by atoms with Crippen molar-refractivity contribution in [3.8, 4) is 0 Å². The number of nitrogens with zero attached hydrogens (tertiary/aromatic N) is 2. The fraction of sp³-hybridized carbons (Fsp3) is 0.389. The first-order chi connectivity index (χ1) is 11.0. The summed E-state index contributed by atoms with van der Waals surface area (Å²) in [6, 6.07) is 9.15. The number of nitrogens with one attached hydrogen (secondary N) is 1. The Labute approximate surface area is 135 Å². The SMILES string of the molecule is Cc1cc(C(=O)N2CCNC(=O)C2C(C)C)nc2ccccc12. The van der Waals surface area contributed by atoms with E-state index in [1.807, 2.05) is 51.1 Å². The minimum atomic E-state index is -0.440. The van der Waals surface area contributed by atoms with Gasteiger partial charge in [-0.3, -0.25) is 9.59 Å². The van der Waals surface area contributed by atoms with Gasteiger partial charge >= 0.3 is 0 Å². The van der Waals surface area contributed by atoms with Crippen molar-refractivity contribution in [2.24, 2.45) is 5.92 Å². The number of benzene rings is 1. The van der Waals surface area contributed by atoms with Gasteiger partial charge in [-0.2, -0.15) is 0 Å². The smallest absolute Gasteiger partial charge is 0.273 e. The van der Waals surface area contributed by atoms with Crippen molar-refractivity contribution in [3.63, 3.8) is 0 Å². The van der Waals surface area contributed by atoms with Crippen LogP contribution in [0.2, 0.25) is 0 Å². The van der Waals surface area contributed by atoms with Crippen LogP contribution in [0, 0.1) is 12.8 Å². The number of para-hydroxylation sites is 1. The second kappa shape index (κ2) is 5.99. The largest absolute Gasteiger partial charge is 0.353 e. The van der Waals surface area contributed by atoms with Crippen molar-refractivity contribution in [2.75, 3.05) is 13.1 Å². The summed E-state index contributed by atoms with van der Waals surface area (Å²) in [5.74, 6) is -0.203. The average molecular weight is 311 g/mol. The number of piperazine rings is 1. The molecule has 3 rings (SSSR count). The Bertz CT molecular complexity index is 770. The maximum absolute atomic E-state index is 12.9. The van der Waals surface area contributed by atoms with Gasteiger partial charge in [0.05, 0.1) is 5.52 Å². The normalized spacial score (nSPS) is 18.3. The molecule has 1 unspecified atom stereocenters. The molecule has 1 saturated heterocycles. The topological polar surface area (TPSA) is 62.3 Å². The van der Waals surface area contributed by atoms with Crippen LogP contribution in [0.5, 0.6) is 0 Å². The van der Waals surface area contributed by atoms with E-state index >= 15 is 0 Å². The Kier molecular flexibility index (Phi) is 4.03. The van der Waals surface area contributed by atoms with Crippen LogP contribution in [0.1, 0.15) is 29.9 Å². The second-order valence-corrected chi connectivity index (χ2v) is 6.32. The van der Waals surface area contributed by atoms with Gasteiger partial charge in [0.2, 0.25) is 5.91 Å². The number of rotatable bonds is 2. The van der Waals surface area contributed by atoms with E-state index < -0.39 is 6.04 Å². The molecule has 0 bridgehead atoms. The highest BCUT2D eigenvalue weighted by Gasteiger charge is 2.36. The van der Waals surface area contributed by atoms with E-state index in [1.165, 1.54) is 0 Å². The number of amides is 2. The van der Waals surface area contributed by atoms with Gasteiger partial charge in [0.25, 0.3) is 5.91 Å². The molecule has 5 nitrogen and oxygen atoms in total. The van der Waals surface area contributed by atoms with Crippen molar-refractivity contribution >= 4 is 22.7 Å². The molecule has 5 heteroatoms. The minimum Gasteiger partial charge on any atom is -0.353 e. The lowest BCUT2D eigenvalue weighted by Crippen LogP contribution is -2.59. The summed E-state index contributed by atoms with van der Waals surface area (Å²) in [5, 5.41) is 3.88. The van der Waals surface area contributed by atoms with Crippen LogP contribution in [0.4, 0.5) is 0 Å². The number of carbonyl (C=O) groups is 2. The Morgan fingerprint density at radius 2 is 2.09 bits per heavy atom. The molecule has 2 aromatic rings. The number of hydrogen-bond donors (Lipinski definition) is 1. The number of fused-ring (bicyclic) bond motifs is 1. The number of aromatic nitrogens is 1. The van der Waals surface area contributed by atoms with Crippen molar-refractivity contribution in [2.45, 2.75) is 26.8 Å². The lowest BCUT2D eigenvalue weighted by Gasteiger charge is -2.37. The molecule has 1 aromatic carbocycles. The van der Waals surface area contributed by atoms with Crippen molar-refractivity contribution in [1.82, 2.24) is 15.2 Å². The maximum Gasteiger partial charge on any atom is 0.273 e. The van der Waals surface area contributed by atoms with Gasteiger partial charge in [-0.15, -0.1) is 0 Å². The highest BCUT2D eigenvalue weighted by Crippen LogP contribution is 2.21. The number of hydrogen-bond acceptors (Lipinski definition) is 3. The van der Waals surface area contributed by atoms with Gasteiger partial charge < -0.3 is 10.2 Å². The van der Waals surface area contributed by atoms with Crippen LogP contribution >= 0.6 is 0 Å². The van der Waals surface area contributed by atoms with Crippen LogP contribution in [-0.4, -0.2) is 40.8 Å². The molecule has 0 spiro atoms. The van der Waals surface area contributed by atoms with E-state index in [-0.39, 0.29) is 17.7 Å². The third-order valence-electron chi connectivity index (χ3n) is 4.29. The monoisotopic (exact) mass is 311 g/mol. The molecule has 1 aliphatic heterocycles. The third-order valence-corrected chi connectivity index (χ3v) is 4.29. The quantitative estimate of drug-likeness (QED) is 0.924. The van der Waals surface area contributed by atoms with Crippen LogP contribution in [0.3, 0.4) is 0 Å². The molecular weight excluding hydrogens is 290 g/mol. The summed E-state index contributed by atoms with van der Waals surface area (Å²) in [5.41, 5.74) is 2.22. The van der Waals surface area contributed by atoms with Crippen molar-refractivity contribution < 1.29 is 9.59 Å². The summed E-state index contributed by atoms with van der Waals surface area (Å²) in [4.78, 5) is 31.2. The Balaban J connectivity index is 2.00. The van der Waals surface area contributed by atoms with Gasteiger partial charge in [0.1, 0.15) is 11.7 Å². The van der Waals surface area contributed by atoms with E-state index in [4.69, 9.17) is 0 Å². The van der Waals surface area contributed by atoms with Gasteiger partial charge in [-0.05, 0) is 30.5 Å². The predicted molar refractivity (Wildman–Crippen MR) is 89.2 cm³/mol. The van der Waals surface area contributed by atoms with E-state index in [0.717, 1.165) is 16.5 Å². The zero-order valence-corrected chi connectivity index (χ0v) is 13.7. The van der Waals surface area contributed by atoms with Crippen LogP contribution in [-0.2, 0) is 4.79 Å². The minimum absolute atomic E-state index is 0.0563. The van der Waals surface area contributed by atoms with E-state index in [2.05, 4.69) is 10.3 Å². The van der Waals surface area contributed by atoms with Crippen LogP contribution in [0.25, 0.3) is 10.9 Å². The summed E-state index contributed by atoms with van der Waals surface area (Å²) in [7, 11) is 0. The first kappa shape index (κ1) is 15.5. The summed E-state index contributed by atoms with van der Waals surface area (Å²) in [6.45, 7) is 6.88. The first-order valence-electron chi connectivity index (χ1n) is 7.94. The van der Waals surface area contributed by atoms with Gasteiger partial charge in [0, 0.05) is 18.5 Å². The fourth-order valence-electron chi connectivity index (χ4n) is 3.18. The molecule has 0 saturated carbocycles. The summed E-state index contributed by atoms with van der Waals surface area (Å²) >= 11 is 0.